The number of nitrogens with zero attached hydrogens (tertiary/aromatic N) is 2. The van der Waals surface area contributed by atoms with Crippen LogP contribution in [0, 0.1) is 0 Å². The first-order valence-corrected chi connectivity index (χ1v) is 11.1. The van der Waals surface area contributed by atoms with Gasteiger partial charge in [-0.25, -0.2) is 0 Å². The molecule has 29 heavy (non-hydrogen) atoms. The van der Waals surface area contributed by atoms with Crippen molar-refractivity contribution in [3.05, 3.63) is 78.5 Å². The zero-order valence-corrected chi connectivity index (χ0v) is 17.1. The first-order chi connectivity index (χ1) is 14.4. The Kier molecular flexibility index (Phi) is 4.13. The molecule has 4 heteroatoms. The van der Waals surface area contributed by atoms with E-state index < -0.39 is 0 Å². The monoisotopic (exact) mass is 397 g/mol. The first kappa shape index (κ1) is 17.2. The van der Waals surface area contributed by atoms with E-state index in [-0.39, 0.29) is 0 Å². The van der Waals surface area contributed by atoms with E-state index in [1.165, 1.54) is 43.4 Å². The SMILES string of the molecule is C1=C(c2c[nH]c3ccccc23)CCN(CCN2Sc3cccc4cccc2c34)C1. The molecule has 0 saturated carbocycles. The minimum absolute atomic E-state index is 1.03. The van der Waals surface area contributed by atoms with Gasteiger partial charge in [0, 0.05) is 59.1 Å². The van der Waals surface area contributed by atoms with Crippen LogP contribution < -0.4 is 4.31 Å². The van der Waals surface area contributed by atoms with Crippen LogP contribution in [0.3, 0.4) is 0 Å². The molecule has 0 aliphatic carbocycles. The molecule has 3 heterocycles. The normalized spacial score (nSPS) is 16.7. The van der Waals surface area contributed by atoms with Crippen LogP contribution in [0.2, 0.25) is 0 Å². The lowest BCUT2D eigenvalue weighted by Crippen LogP contribution is -2.34. The second-order valence-electron chi connectivity index (χ2n) is 7.85. The van der Waals surface area contributed by atoms with Crippen molar-refractivity contribution in [1.82, 2.24) is 9.88 Å². The molecule has 0 radical (unpaired) electrons. The molecule has 0 unspecified atom stereocenters. The van der Waals surface area contributed by atoms with Crippen LogP contribution in [0.15, 0.2) is 77.8 Å². The van der Waals surface area contributed by atoms with Crippen molar-refractivity contribution in [2.45, 2.75) is 11.3 Å². The summed E-state index contributed by atoms with van der Waals surface area (Å²) in [5.74, 6) is 0. The van der Waals surface area contributed by atoms with E-state index in [4.69, 9.17) is 0 Å². The summed E-state index contributed by atoms with van der Waals surface area (Å²) in [5.41, 5.74) is 5.45. The molecule has 4 aromatic rings. The van der Waals surface area contributed by atoms with E-state index in [2.05, 4.69) is 87.1 Å². The van der Waals surface area contributed by atoms with E-state index >= 15 is 0 Å². The number of aromatic nitrogens is 1. The molecule has 0 saturated heterocycles. The number of hydrogen-bond donors (Lipinski definition) is 1. The van der Waals surface area contributed by atoms with Crippen molar-refractivity contribution >= 4 is 44.9 Å². The lowest BCUT2D eigenvalue weighted by atomic mass is 9.99. The Balaban J connectivity index is 1.15. The Bertz CT molecular complexity index is 1230. The molecule has 3 aromatic carbocycles. The Morgan fingerprint density at radius 2 is 1.83 bits per heavy atom. The van der Waals surface area contributed by atoms with Gasteiger partial charge in [-0.15, -0.1) is 0 Å². The highest BCUT2D eigenvalue weighted by atomic mass is 32.2. The van der Waals surface area contributed by atoms with Crippen LogP contribution in [0.4, 0.5) is 5.69 Å². The summed E-state index contributed by atoms with van der Waals surface area (Å²) in [6.45, 7) is 4.30. The van der Waals surface area contributed by atoms with Gasteiger partial charge in [-0.05, 0) is 47.5 Å². The average Bonchev–Trinajstić information content (AvgIpc) is 3.36. The third-order valence-corrected chi connectivity index (χ3v) is 7.31. The molecule has 144 valence electrons. The molecule has 0 amide bonds. The van der Waals surface area contributed by atoms with E-state index in [1.807, 2.05) is 11.9 Å². The zero-order valence-electron chi connectivity index (χ0n) is 16.3. The van der Waals surface area contributed by atoms with Gasteiger partial charge in [0.25, 0.3) is 0 Å². The summed E-state index contributed by atoms with van der Waals surface area (Å²) in [6.07, 6.45) is 5.71. The van der Waals surface area contributed by atoms with Crippen LogP contribution in [0.5, 0.6) is 0 Å². The number of H-pyrrole nitrogens is 1. The lowest BCUT2D eigenvalue weighted by Gasteiger charge is -2.28. The van der Waals surface area contributed by atoms with Crippen molar-refractivity contribution in [1.29, 1.82) is 0 Å². The quantitative estimate of drug-likeness (QED) is 0.431. The fourth-order valence-corrected chi connectivity index (χ4v) is 5.75. The smallest absolute Gasteiger partial charge is 0.0564 e. The van der Waals surface area contributed by atoms with Gasteiger partial charge in [0.05, 0.1) is 5.69 Å². The van der Waals surface area contributed by atoms with Gasteiger partial charge in [-0.2, -0.15) is 0 Å². The summed E-state index contributed by atoms with van der Waals surface area (Å²) in [7, 11) is 0. The van der Waals surface area contributed by atoms with Gasteiger partial charge in [-0.1, -0.05) is 48.5 Å². The number of hydrogen-bond acceptors (Lipinski definition) is 3. The molecule has 0 fully saturated rings. The molecular weight excluding hydrogens is 374 g/mol. The number of fused-ring (bicyclic) bond motifs is 1. The average molecular weight is 398 g/mol. The van der Waals surface area contributed by atoms with Gasteiger partial charge < -0.3 is 9.29 Å². The molecule has 3 nitrogen and oxygen atoms in total. The van der Waals surface area contributed by atoms with Gasteiger partial charge >= 0.3 is 0 Å². The van der Waals surface area contributed by atoms with Crippen molar-refractivity contribution in [3.8, 4) is 0 Å². The van der Waals surface area contributed by atoms with Crippen molar-refractivity contribution in [2.75, 3.05) is 30.5 Å². The zero-order chi connectivity index (χ0) is 19.2. The minimum atomic E-state index is 1.03. The fraction of sp³-hybridized carbons (Fsp3) is 0.200. The number of nitrogens with one attached hydrogen (secondary N) is 1. The summed E-state index contributed by atoms with van der Waals surface area (Å²) in [5, 5.41) is 4.10. The predicted octanol–water partition coefficient (Wildman–Crippen LogP) is 5.94. The third kappa shape index (κ3) is 2.95. The predicted molar refractivity (Wildman–Crippen MR) is 124 cm³/mol. The Hall–Kier alpha value is -2.69. The van der Waals surface area contributed by atoms with Crippen LogP contribution in [0.25, 0.3) is 27.2 Å². The van der Waals surface area contributed by atoms with E-state index in [0.717, 1.165) is 32.6 Å². The molecule has 1 N–H and O–H groups in total. The summed E-state index contributed by atoms with van der Waals surface area (Å²) >= 11 is 1.89. The first-order valence-electron chi connectivity index (χ1n) is 10.3. The third-order valence-electron chi connectivity index (χ3n) is 6.17. The highest BCUT2D eigenvalue weighted by Gasteiger charge is 2.23. The topological polar surface area (TPSA) is 22.3 Å². The second-order valence-corrected chi connectivity index (χ2v) is 8.92. The Morgan fingerprint density at radius 1 is 0.931 bits per heavy atom. The number of benzene rings is 3. The largest absolute Gasteiger partial charge is 0.361 e. The van der Waals surface area contributed by atoms with Gasteiger partial charge in [-0.3, -0.25) is 4.90 Å². The maximum absolute atomic E-state index is 3.41. The molecule has 0 atom stereocenters. The van der Waals surface area contributed by atoms with Crippen LogP contribution in [-0.2, 0) is 0 Å². The minimum Gasteiger partial charge on any atom is -0.361 e. The lowest BCUT2D eigenvalue weighted by molar-refractivity contribution is 0.311. The Morgan fingerprint density at radius 3 is 2.72 bits per heavy atom. The fourth-order valence-electron chi connectivity index (χ4n) is 4.63. The van der Waals surface area contributed by atoms with Crippen LogP contribution in [-0.4, -0.2) is 36.1 Å². The summed E-state index contributed by atoms with van der Waals surface area (Å²) in [6, 6.07) is 21.9. The van der Waals surface area contributed by atoms with Crippen molar-refractivity contribution in [2.24, 2.45) is 0 Å². The van der Waals surface area contributed by atoms with E-state index in [1.54, 1.807) is 0 Å². The number of anilines is 1. The van der Waals surface area contributed by atoms with Gasteiger partial charge in [0.2, 0.25) is 0 Å². The molecule has 1 aromatic heterocycles. The van der Waals surface area contributed by atoms with Gasteiger partial charge in [0.1, 0.15) is 0 Å². The summed E-state index contributed by atoms with van der Waals surface area (Å²) in [4.78, 5) is 7.37. The maximum atomic E-state index is 3.41. The molecule has 2 aliphatic rings. The summed E-state index contributed by atoms with van der Waals surface area (Å²) < 4.78 is 2.47. The van der Waals surface area contributed by atoms with Crippen LogP contribution in [0.1, 0.15) is 12.0 Å². The van der Waals surface area contributed by atoms with Crippen LogP contribution >= 0.6 is 11.9 Å². The maximum Gasteiger partial charge on any atom is 0.0564 e. The Labute approximate surface area is 175 Å². The highest BCUT2D eigenvalue weighted by Crippen LogP contribution is 2.45. The highest BCUT2D eigenvalue weighted by molar-refractivity contribution is 8.01. The molecular formula is C25H23N3S. The van der Waals surface area contributed by atoms with Crippen molar-refractivity contribution in [3.63, 3.8) is 0 Å². The van der Waals surface area contributed by atoms with Gasteiger partial charge in [0.15, 0.2) is 0 Å². The molecule has 2 aliphatic heterocycles. The number of para-hydroxylation sites is 1. The number of rotatable bonds is 4. The second kappa shape index (κ2) is 6.97. The van der Waals surface area contributed by atoms with E-state index in [0.29, 0.717) is 0 Å². The standard InChI is InChI=1S/C25H23N3S/c1-2-8-22-20(7-1)21(17-26-22)18-11-13-27(14-12-18)15-16-28-23-9-3-5-19-6-4-10-24(29-28)25(19)23/h1-11,17,26H,12-16H2. The molecule has 0 spiro atoms. The van der Waals surface area contributed by atoms with Crippen molar-refractivity contribution < 1.29 is 0 Å². The molecule has 6 rings (SSSR count). The van der Waals surface area contributed by atoms with E-state index in [9.17, 15) is 0 Å². The molecule has 0 bridgehead atoms. The number of aromatic amines is 1.